The molecule has 22 heteroatoms. The Balaban J connectivity index is 1.00. The van der Waals surface area contributed by atoms with Crippen LogP contribution in [0.5, 0.6) is 11.5 Å². The highest BCUT2D eigenvalue weighted by Gasteiger charge is 2.53. The quantitative estimate of drug-likeness (QED) is 0.147. The van der Waals surface area contributed by atoms with Crippen LogP contribution in [0.25, 0.3) is 5.52 Å². The Bertz CT molecular complexity index is 3420. The normalized spacial score (nSPS) is 29.7. The monoisotopic (exact) mass is 1150 g/mol. The molecule has 0 spiro atoms. The van der Waals surface area contributed by atoms with Gasteiger partial charge < -0.3 is 59.8 Å². The number of phenolic OH excluding ortho intramolecular Hbond substituents is 1. The Hall–Kier alpha value is -7.69. The number of ketones is 3. The Morgan fingerprint density at radius 3 is 2.17 bits per heavy atom. The van der Waals surface area contributed by atoms with Gasteiger partial charge in [0.1, 0.15) is 34.6 Å². The number of nitrogens with one attached hydrogen (secondary N) is 2. The van der Waals surface area contributed by atoms with Gasteiger partial charge in [-0.15, -0.1) is 0 Å². The molecule has 6 N–H and O–H groups in total. The number of piperidine rings is 1. The zero-order valence-corrected chi connectivity index (χ0v) is 48.2. The molecule has 10 rings (SSSR count). The van der Waals surface area contributed by atoms with Gasteiger partial charge in [0.15, 0.2) is 5.82 Å². The molecule has 83 heavy (non-hydrogen) atoms. The minimum absolute atomic E-state index is 0.0168. The summed E-state index contributed by atoms with van der Waals surface area (Å²) in [6.45, 7) is 14.5. The molecule has 7 heterocycles. The maximum Gasteiger partial charge on any atom is 0.341 e. The first-order valence-electron chi connectivity index (χ1n) is 28.2. The number of aromatic nitrogens is 1. The third-order valence-electron chi connectivity index (χ3n) is 17.7. The number of aromatic hydroxyl groups is 1. The van der Waals surface area contributed by atoms with Crippen LogP contribution in [-0.2, 0) is 28.6 Å². The summed E-state index contributed by atoms with van der Waals surface area (Å²) in [6, 6.07) is 0.988. The number of carboxylic acid groups (broad SMARTS) is 1. The molecule has 1 aromatic carbocycles. The summed E-state index contributed by atoms with van der Waals surface area (Å²) >= 11 is 0. The summed E-state index contributed by atoms with van der Waals surface area (Å²) in [5.74, 6) is -13.0. The van der Waals surface area contributed by atoms with E-state index in [-0.39, 0.29) is 78.1 Å². The molecule has 5 aliphatic heterocycles. The SMILES string of the molecule is CO[C@H]1/C=C/O[C@@]2(C)Oc3c(C)c(O)c4c(c3C2=O)C(=O)C(N2CCC(C(=O)N[C@H]3CCN(c5c(F)cn6c(=O)c(C(=O)O)cc(C7CC7)c6c5C)C3)CC2)=C(NC(=O)/C(C)=C\C=C\[C@H](C)[C@H](O)[C@@H](C)[C@@H](O)[C@@H](C)[C@H](OC(C)=O)[C@@H]1C)C4=O. The summed E-state index contributed by atoms with van der Waals surface area (Å²) in [5.41, 5.74) is -1.51. The topological polar surface area (TPSA) is 289 Å². The number of aryl methyl sites for hydroxylation is 1. The van der Waals surface area contributed by atoms with Crippen molar-refractivity contribution in [1.29, 1.82) is 0 Å². The van der Waals surface area contributed by atoms with Gasteiger partial charge >= 0.3 is 17.7 Å². The number of Topliss-reactive ketones (excluding diaryl/α,β-unsaturated/α-hetero) is 3. The molecule has 2 aromatic heterocycles. The van der Waals surface area contributed by atoms with Crippen molar-refractivity contribution in [2.75, 3.05) is 38.2 Å². The van der Waals surface area contributed by atoms with E-state index < -0.39 is 141 Å². The largest absolute Gasteiger partial charge is 0.507 e. The van der Waals surface area contributed by atoms with Crippen LogP contribution in [0, 0.1) is 49.3 Å². The van der Waals surface area contributed by atoms with Gasteiger partial charge in [-0.2, -0.15) is 0 Å². The number of carbonyl (C=O) groups is 7. The van der Waals surface area contributed by atoms with Gasteiger partial charge in [-0.1, -0.05) is 45.9 Å². The number of likely N-dealkylation sites (tertiary alicyclic amines) is 1. The zero-order chi connectivity index (χ0) is 60.4. The number of nitrogens with zero attached hydrogens (tertiary/aromatic N) is 3. The number of hydrogen-bond acceptors (Lipinski definition) is 17. The lowest BCUT2D eigenvalue weighted by Crippen LogP contribution is -2.47. The van der Waals surface area contributed by atoms with Crippen molar-refractivity contribution in [2.24, 2.45) is 29.6 Å². The average molecular weight is 1150 g/mol. The third-order valence-corrected chi connectivity index (χ3v) is 17.7. The number of amides is 2. The van der Waals surface area contributed by atoms with Crippen LogP contribution in [0.4, 0.5) is 10.1 Å². The molecule has 3 aromatic rings. The summed E-state index contributed by atoms with van der Waals surface area (Å²) in [4.78, 5) is 114. The number of fused-ring (bicyclic) bond motifs is 15. The minimum Gasteiger partial charge on any atom is -0.507 e. The van der Waals surface area contributed by atoms with Crippen LogP contribution in [0.3, 0.4) is 0 Å². The highest BCUT2D eigenvalue weighted by Crippen LogP contribution is 2.50. The number of pyridine rings is 2. The number of ether oxygens (including phenoxy) is 4. The van der Waals surface area contributed by atoms with Crippen LogP contribution < -0.4 is 25.8 Å². The molecule has 7 aliphatic rings. The van der Waals surface area contributed by atoms with Crippen LogP contribution >= 0.6 is 0 Å². The molecule has 2 saturated heterocycles. The number of halogens is 1. The van der Waals surface area contributed by atoms with Crippen LogP contribution in [0.2, 0.25) is 0 Å². The van der Waals surface area contributed by atoms with Gasteiger partial charge in [0, 0.05) is 93.9 Å². The van der Waals surface area contributed by atoms with Gasteiger partial charge in [0.25, 0.3) is 17.2 Å². The maximum absolute atomic E-state index is 16.1. The molecule has 0 radical (unpaired) electrons. The molecule has 2 aliphatic carbocycles. The van der Waals surface area contributed by atoms with Crippen molar-refractivity contribution in [2.45, 2.75) is 137 Å². The van der Waals surface area contributed by atoms with E-state index in [1.165, 1.54) is 59.1 Å². The van der Waals surface area contributed by atoms with Gasteiger partial charge in [0.05, 0.1) is 58.7 Å². The number of esters is 1. The van der Waals surface area contributed by atoms with Gasteiger partial charge in [-0.05, 0) is 82.1 Å². The van der Waals surface area contributed by atoms with E-state index in [1.807, 2.05) is 0 Å². The minimum atomic E-state index is -2.18. The number of aliphatic hydroxyl groups excluding tert-OH is 2. The number of carboxylic acids is 1. The number of carbonyl (C=O) groups excluding carboxylic acids is 6. The van der Waals surface area contributed by atoms with Gasteiger partial charge in [-0.3, -0.25) is 38.0 Å². The van der Waals surface area contributed by atoms with E-state index in [2.05, 4.69) is 10.6 Å². The fourth-order valence-corrected chi connectivity index (χ4v) is 12.6. The number of anilines is 1. The van der Waals surface area contributed by atoms with E-state index in [0.29, 0.717) is 29.6 Å². The number of rotatable bonds is 8. The smallest absolute Gasteiger partial charge is 0.341 e. The number of benzene rings is 1. The lowest BCUT2D eigenvalue weighted by molar-refractivity contribution is -0.160. The van der Waals surface area contributed by atoms with Crippen molar-refractivity contribution in [1.82, 2.24) is 19.9 Å². The zero-order valence-electron chi connectivity index (χ0n) is 48.2. The second kappa shape index (κ2) is 23.2. The molecule has 1 saturated carbocycles. The molecule has 10 atom stereocenters. The van der Waals surface area contributed by atoms with Crippen molar-refractivity contribution in [3.05, 3.63) is 115 Å². The van der Waals surface area contributed by atoms with Crippen LogP contribution in [0.15, 0.2) is 64.6 Å². The fourth-order valence-electron chi connectivity index (χ4n) is 12.6. The Labute approximate surface area is 478 Å². The van der Waals surface area contributed by atoms with Gasteiger partial charge in [-0.25, -0.2) is 9.18 Å². The lowest BCUT2D eigenvalue weighted by atomic mass is 9.78. The molecular formula is C61H72FN5O16. The maximum atomic E-state index is 16.1. The molecule has 2 amide bonds. The van der Waals surface area contributed by atoms with Crippen LogP contribution in [0.1, 0.15) is 145 Å². The lowest BCUT2D eigenvalue weighted by Gasteiger charge is -2.38. The highest BCUT2D eigenvalue weighted by molar-refractivity contribution is 6.32. The van der Waals surface area contributed by atoms with E-state index in [4.69, 9.17) is 18.9 Å². The van der Waals surface area contributed by atoms with Crippen molar-refractivity contribution < 1.29 is 77.3 Å². The summed E-state index contributed by atoms with van der Waals surface area (Å²) in [5, 5.41) is 50.5. The van der Waals surface area contributed by atoms with Gasteiger partial charge in [0.2, 0.25) is 17.5 Å². The van der Waals surface area contributed by atoms with Crippen molar-refractivity contribution >= 4 is 52.3 Å². The number of aromatic carboxylic acids is 1. The number of phenols is 1. The highest BCUT2D eigenvalue weighted by atomic mass is 19.1. The number of aliphatic hydroxyl groups is 2. The molecule has 21 nitrogen and oxygen atoms in total. The second-order valence-corrected chi connectivity index (χ2v) is 23.3. The van der Waals surface area contributed by atoms with E-state index in [0.717, 1.165) is 29.7 Å². The molecular weight excluding hydrogens is 1080 g/mol. The molecule has 5 bridgehead atoms. The standard InChI is InChI=1S/C61H72FN5O16/c1-27-12-11-13-28(2)57(75)64-45-48(65-20-16-36(17-21-65)58(76)63-37-18-22-66(25-37)47-30(4)46-38(35-14-15-35)24-39(60(78)79)59(77)67(46)26-40(47)62)53(73)42-43(52(45)72)51(71)33(7)55-44(42)56(74)61(9,83-55)81-23-19-41(80-10)29(3)54(82-34(8)68)32(6)50(70)31(5)49(27)69/h11-13,19,23-24,26-27,29,31-32,35-37,41,49-50,54,69-71H,14-18,20-22,25H2,1-10H3,(H,63,76)(H,64,75)(H,78,79)/b12-11+,23-19+,28-13-/t27-,29+,31+,32+,37-,41-,49-,50+,54+,61-/m0/s1. The predicted octanol–water partition coefficient (Wildman–Crippen LogP) is 5.70. The number of methoxy groups -OCH3 is 1. The first-order valence-corrected chi connectivity index (χ1v) is 28.2. The van der Waals surface area contributed by atoms with Crippen molar-refractivity contribution in [3.63, 3.8) is 0 Å². The summed E-state index contributed by atoms with van der Waals surface area (Å²) in [6.07, 6.45) is 6.46. The second-order valence-electron chi connectivity index (χ2n) is 23.3. The first-order chi connectivity index (χ1) is 39.2. The number of allylic oxidation sites excluding steroid dienone is 4. The number of hydrogen-bond donors (Lipinski definition) is 6. The van der Waals surface area contributed by atoms with Crippen LogP contribution in [-0.4, -0.2) is 140 Å². The van der Waals surface area contributed by atoms with E-state index in [1.54, 1.807) is 50.5 Å². The first kappa shape index (κ1) is 59.9. The Kier molecular flexibility index (Phi) is 16.7. The molecule has 444 valence electrons. The summed E-state index contributed by atoms with van der Waals surface area (Å²) in [7, 11) is 1.40. The Morgan fingerprint density at radius 1 is 0.855 bits per heavy atom. The van der Waals surface area contributed by atoms with Crippen molar-refractivity contribution in [3.8, 4) is 11.5 Å². The molecule has 0 unspecified atom stereocenters. The van der Waals surface area contributed by atoms with E-state index >= 15 is 14.0 Å². The fraction of sp³-hybridized carbons (Fsp3) is 0.508. The average Bonchev–Trinajstić information content (AvgIpc) is 2.31. The third kappa shape index (κ3) is 11.0. The Morgan fingerprint density at radius 2 is 1.53 bits per heavy atom. The predicted molar refractivity (Wildman–Crippen MR) is 299 cm³/mol. The molecule has 3 fully saturated rings. The van der Waals surface area contributed by atoms with E-state index in [9.17, 15) is 49.2 Å². The summed E-state index contributed by atoms with van der Waals surface area (Å²) < 4.78 is 40.9.